The van der Waals surface area contributed by atoms with E-state index in [1.54, 1.807) is 0 Å². The summed E-state index contributed by atoms with van der Waals surface area (Å²) in [7, 11) is 0. The molecule has 2 heteroatoms. The number of hydrogen-bond acceptors (Lipinski definition) is 2. The molecular formula is C19H32O2. The first-order chi connectivity index (χ1) is 9.92. The van der Waals surface area contributed by atoms with E-state index >= 15 is 0 Å². The van der Waals surface area contributed by atoms with Crippen molar-refractivity contribution in [2.45, 2.75) is 65.9 Å². The van der Waals surface area contributed by atoms with Gasteiger partial charge in [-0.05, 0) is 54.7 Å². The SMILES string of the molecule is CCC(O)COc1ccc(C(C)CC(C)CC(C)C)cc1. The molecule has 0 aliphatic carbocycles. The number of benzene rings is 1. The minimum absolute atomic E-state index is 0.372. The molecule has 0 bridgehead atoms. The van der Waals surface area contributed by atoms with Crippen LogP contribution in [-0.2, 0) is 0 Å². The number of aliphatic hydroxyl groups is 1. The summed E-state index contributed by atoms with van der Waals surface area (Å²) in [6, 6.07) is 8.34. The van der Waals surface area contributed by atoms with E-state index in [0.717, 1.165) is 24.0 Å². The molecule has 21 heavy (non-hydrogen) atoms. The van der Waals surface area contributed by atoms with E-state index in [9.17, 15) is 5.11 Å². The van der Waals surface area contributed by atoms with Crippen LogP contribution in [0.25, 0.3) is 0 Å². The molecule has 2 nitrogen and oxygen atoms in total. The summed E-state index contributed by atoms with van der Waals surface area (Å²) in [5.74, 6) is 2.95. The largest absolute Gasteiger partial charge is 0.491 e. The van der Waals surface area contributed by atoms with Gasteiger partial charge < -0.3 is 9.84 Å². The van der Waals surface area contributed by atoms with Gasteiger partial charge in [0.1, 0.15) is 12.4 Å². The average molecular weight is 292 g/mol. The van der Waals surface area contributed by atoms with E-state index in [0.29, 0.717) is 12.5 Å². The van der Waals surface area contributed by atoms with E-state index in [4.69, 9.17) is 4.74 Å². The monoisotopic (exact) mass is 292 g/mol. The van der Waals surface area contributed by atoms with Crippen molar-refractivity contribution in [2.75, 3.05) is 6.61 Å². The number of ether oxygens (including phenoxy) is 1. The number of rotatable bonds is 9. The third-order valence-corrected chi connectivity index (χ3v) is 3.99. The Morgan fingerprint density at radius 3 is 2.14 bits per heavy atom. The van der Waals surface area contributed by atoms with Crippen LogP contribution >= 0.6 is 0 Å². The summed E-state index contributed by atoms with van der Waals surface area (Å²) >= 11 is 0. The highest BCUT2D eigenvalue weighted by Crippen LogP contribution is 2.28. The Bertz CT molecular complexity index is 383. The summed E-state index contributed by atoms with van der Waals surface area (Å²) in [6.45, 7) is 11.6. The maximum atomic E-state index is 9.51. The highest BCUT2D eigenvalue weighted by molar-refractivity contribution is 5.29. The third-order valence-electron chi connectivity index (χ3n) is 3.99. The molecule has 0 radical (unpaired) electrons. The van der Waals surface area contributed by atoms with Gasteiger partial charge in [0.05, 0.1) is 6.10 Å². The quantitative estimate of drug-likeness (QED) is 0.693. The van der Waals surface area contributed by atoms with Crippen LogP contribution in [0.1, 0.15) is 65.4 Å². The minimum Gasteiger partial charge on any atom is -0.491 e. The molecule has 1 aromatic rings. The van der Waals surface area contributed by atoms with Gasteiger partial charge in [-0.3, -0.25) is 0 Å². The van der Waals surface area contributed by atoms with E-state index in [2.05, 4.69) is 39.8 Å². The van der Waals surface area contributed by atoms with Gasteiger partial charge in [-0.1, -0.05) is 46.8 Å². The summed E-state index contributed by atoms with van der Waals surface area (Å²) in [5, 5.41) is 9.51. The highest BCUT2D eigenvalue weighted by Gasteiger charge is 2.12. The molecule has 0 aromatic heterocycles. The Morgan fingerprint density at radius 2 is 1.62 bits per heavy atom. The number of aliphatic hydroxyl groups excluding tert-OH is 1. The molecule has 0 saturated carbocycles. The molecular weight excluding hydrogens is 260 g/mol. The predicted octanol–water partition coefficient (Wildman–Crippen LogP) is 5.01. The van der Waals surface area contributed by atoms with Gasteiger partial charge in [0.15, 0.2) is 0 Å². The standard InChI is InChI=1S/C19H32O2/c1-6-18(20)13-21-19-9-7-17(8-10-19)16(5)12-15(4)11-14(2)3/h7-10,14-16,18,20H,6,11-13H2,1-5H3. The lowest BCUT2D eigenvalue weighted by molar-refractivity contribution is 0.104. The molecule has 0 aliphatic heterocycles. The molecule has 3 atom stereocenters. The Labute approximate surface area is 130 Å². The van der Waals surface area contributed by atoms with Gasteiger partial charge in [0.2, 0.25) is 0 Å². The normalized spacial score (nSPS) is 15.8. The van der Waals surface area contributed by atoms with Crippen LogP contribution in [0.5, 0.6) is 5.75 Å². The highest BCUT2D eigenvalue weighted by atomic mass is 16.5. The van der Waals surface area contributed by atoms with Crippen molar-refractivity contribution >= 4 is 0 Å². The van der Waals surface area contributed by atoms with E-state index in [1.807, 2.05) is 19.1 Å². The molecule has 1 rings (SSSR count). The molecule has 0 fully saturated rings. The fourth-order valence-corrected chi connectivity index (χ4v) is 2.84. The van der Waals surface area contributed by atoms with Crippen LogP contribution in [0, 0.1) is 11.8 Å². The van der Waals surface area contributed by atoms with Gasteiger partial charge in [-0.25, -0.2) is 0 Å². The third kappa shape index (κ3) is 6.99. The molecule has 3 unspecified atom stereocenters. The smallest absolute Gasteiger partial charge is 0.119 e. The first-order valence-electron chi connectivity index (χ1n) is 8.33. The zero-order valence-electron chi connectivity index (χ0n) is 14.3. The van der Waals surface area contributed by atoms with Crippen molar-refractivity contribution in [1.29, 1.82) is 0 Å². The van der Waals surface area contributed by atoms with Crippen molar-refractivity contribution in [2.24, 2.45) is 11.8 Å². The average Bonchev–Trinajstić information content (AvgIpc) is 2.44. The van der Waals surface area contributed by atoms with Crippen LogP contribution in [0.3, 0.4) is 0 Å². The molecule has 0 amide bonds. The Kier molecular flexibility index (Phi) is 7.81. The van der Waals surface area contributed by atoms with Crippen molar-refractivity contribution in [3.05, 3.63) is 29.8 Å². The molecule has 120 valence electrons. The minimum atomic E-state index is -0.375. The van der Waals surface area contributed by atoms with Gasteiger partial charge >= 0.3 is 0 Å². The van der Waals surface area contributed by atoms with Gasteiger partial charge in [0.25, 0.3) is 0 Å². The molecule has 0 heterocycles. The topological polar surface area (TPSA) is 29.5 Å². The van der Waals surface area contributed by atoms with E-state index < -0.39 is 0 Å². The summed E-state index contributed by atoms with van der Waals surface area (Å²) in [6.07, 6.45) is 2.87. The molecule has 0 saturated heterocycles. The molecule has 0 spiro atoms. The van der Waals surface area contributed by atoms with Crippen molar-refractivity contribution < 1.29 is 9.84 Å². The Balaban J connectivity index is 2.49. The Hall–Kier alpha value is -1.02. The van der Waals surface area contributed by atoms with Crippen molar-refractivity contribution in [1.82, 2.24) is 0 Å². The summed E-state index contributed by atoms with van der Waals surface area (Å²) in [4.78, 5) is 0. The van der Waals surface area contributed by atoms with Gasteiger partial charge in [-0.15, -0.1) is 0 Å². The fourth-order valence-electron chi connectivity index (χ4n) is 2.84. The zero-order valence-corrected chi connectivity index (χ0v) is 14.3. The zero-order chi connectivity index (χ0) is 15.8. The van der Waals surface area contributed by atoms with E-state index in [-0.39, 0.29) is 6.10 Å². The molecule has 1 aromatic carbocycles. The Morgan fingerprint density at radius 1 is 1.00 bits per heavy atom. The first-order valence-corrected chi connectivity index (χ1v) is 8.33. The second-order valence-electron chi connectivity index (χ2n) is 6.81. The van der Waals surface area contributed by atoms with Crippen LogP contribution in [0.4, 0.5) is 0 Å². The lowest BCUT2D eigenvalue weighted by atomic mass is 9.87. The second kappa shape index (κ2) is 9.09. The molecule has 0 aliphatic rings. The van der Waals surface area contributed by atoms with Gasteiger partial charge in [0, 0.05) is 0 Å². The lowest BCUT2D eigenvalue weighted by Gasteiger charge is -2.19. The first kappa shape index (κ1) is 18.0. The van der Waals surface area contributed by atoms with Crippen LogP contribution in [-0.4, -0.2) is 17.8 Å². The maximum Gasteiger partial charge on any atom is 0.119 e. The lowest BCUT2D eigenvalue weighted by Crippen LogP contribution is -2.15. The van der Waals surface area contributed by atoms with Crippen LogP contribution in [0.15, 0.2) is 24.3 Å². The summed E-state index contributed by atoms with van der Waals surface area (Å²) < 4.78 is 5.58. The summed E-state index contributed by atoms with van der Waals surface area (Å²) in [5.41, 5.74) is 1.37. The van der Waals surface area contributed by atoms with Crippen LogP contribution < -0.4 is 4.74 Å². The van der Waals surface area contributed by atoms with Gasteiger partial charge in [-0.2, -0.15) is 0 Å². The van der Waals surface area contributed by atoms with Crippen LogP contribution in [0.2, 0.25) is 0 Å². The second-order valence-corrected chi connectivity index (χ2v) is 6.81. The fraction of sp³-hybridized carbons (Fsp3) is 0.684. The van der Waals surface area contributed by atoms with Crippen molar-refractivity contribution in [3.8, 4) is 5.75 Å². The maximum absolute atomic E-state index is 9.51. The predicted molar refractivity (Wildman–Crippen MR) is 89.9 cm³/mol. The van der Waals surface area contributed by atoms with E-state index in [1.165, 1.54) is 18.4 Å². The number of hydrogen-bond donors (Lipinski definition) is 1. The molecule has 1 N–H and O–H groups in total. The van der Waals surface area contributed by atoms with Crippen molar-refractivity contribution in [3.63, 3.8) is 0 Å².